The number of halogens is 3. The molecule has 2 aromatic carbocycles. The minimum Gasteiger partial charge on any atom is -0.454 e. The van der Waals surface area contributed by atoms with Crippen molar-refractivity contribution < 1.29 is 9.13 Å². The molecule has 0 saturated heterocycles. The molecule has 110 valence electrons. The zero-order chi connectivity index (χ0) is 14.8. The second-order valence-corrected chi connectivity index (χ2v) is 6.92. The summed E-state index contributed by atoms with van der Waals surface area (Å²) in [5.74, 6) is 0.508. The third-order valence-corrected chi connectivity index (χ3v) is 4.29. The summed E-state index contributed by atoms with van der Waals surface area (Å²) in [5.41, 5.74) is 1.02. The maximum absolute atomic E-state index is 13.9. The predicted molar refractivity (Wildman–Crippen MR) is 88.2 cm³/mol. The van der Waals surface area contributed by atoms with Crippen molar-refractivity contribution in [3.8, 4) is 11.5 Å². The molecule has 5 heteroatoms. The molecule has 0 spiro atoms. The van der Waals surface area contributed by atoms with Crippen molar-refractivity contribution in [3.63, 3.8) is 0 Å². The third kappa shape index (κ3) is 4.05. The highest BCUT2D eigenvalue weighted by atomic mass is 79.9. The fourth-order valence-electron chi connectivity index (χ4n) is 1.99. The Morgan fingerprint density at radius 2 is 1.76 bits per heavy atom. The molecule has 0 aromatic heterocycles. The number of hydrogen-bond donors (Lipinski definition) is 1. The van der Waals surface area contributed by atoms with Crippen LogP contribution in [0.25, 0.3) is 0 Å². The molecule has 0 radical (unpaired) electrons. The molecule has 0 amide bonds. The lowest BCUT2D eigenvalue weighted by Crippen LogP contribution is -2.15. The van der Waals surface area contributed by atoms with E-state index in [4.69, 9.17) is 4.74 Å². The molecular formula is C16H14Br2FNO. The maximum Gasteiger partial charge on any atom is 0.166 e. The summed E-state index contributed by atoms with van der Waals surface area (Å²) in [6.45, 7) is 0.728. The first kappa shape index (κ1) is 15.0. The molecule has 1 aliphatic carbocycles. The van der Waals surface area contributed by atoms with E-state index in [-0.39, 0.29) is 11.6 Å². The summed E-state index contributed by atoms with van der Waals surface area (Å²) in [4.78, 5) is 0. The van der Waals surface area contributed by atoms with Crippen LogP contribution in [-0.4, -0.2) is 6.04 Å². The van der Waals surface area contributed by atoms with Gasteiger partial charge >= 0.3 is 0 Å². The quantitative estimate of drug-likeness (QED) is 0.707. The zero-order valence-corrected chi connectivity index (χ0v) is 14.4. The number of ether oxygens (including phenoxy) is 1. The SMILES string of the molecule is Fc1cc(Br)ccc1Oc1cc(Br)ccc1CNC1CC1. The van der Waals surface area contributed by atoms with Gasteiger partial charge in [0.2, 0.25) is 0 Å². The van der Waals surface area contributed by atoms with Crippen LogP contribution in [0.2, 0.25) is 0 Å². The van der Waals surface area contributed by atoms with Crippen molar-refractivity contribution in [2.75, 3.05) is 0 Å². The second kappa shape index (κ2) is 6.46. The molecule has 2 nitrogen and oxygen atoms in total. The summed E-state index contributed by atoms with van der Waals surface area (Å²) < 4.78 is 21.3. The van der Waals surface area contributed by atoms with Crippen LogP contribution in [0.4, 0.5) is 4.39 Å². The third-order valence-electron chi connectivity index (χ3n) is 3.30. The van der Waals surface area contributed by atoms with E-state index in [1.54, 1.807) is 12.1 Å². The first-order valence-corrected chi connectivity index (χ1v) is 8.35. The molecule has 3 rings (SSSR count). The van der Waals surface area contributed by atoms with Crippen LogP contribution >= 0.6 is 31.9 Å². The predicted octanol–water partition coefficient (Wildman–Crippen LogP) is 5.40. The summed E-state index contributed by atoms with van der Waals surface area (Å²) in [7, 11) is 0. The second-order valence-electron chi connectivity index (χ2n) is 5.08. The molecule has 0 aliphatic heterocycles. The average molecular weight is 415 g/mol. The minimum atomic E-state index is -0.384. The molecular weight excluding hydrogens is 401 g/mol. The molecule has 1 saturated carbocycles. The number of nitrogens with one attached hydrogen (secondary N) is 1. The van der Waals surface area contributed by atoms with E-state index in [1.807, 2.05) is 18.2 Å². The van der Waals surface area contributed by atoms with E-state index < -0.39 is 0 Å². The lowest BCUT2D eigenvalue weighted by Gasteiger charge is -2.13. The summed E-state index contributed by atoms with van der Waals surface area (Å²) in [5, 5.41) is 3.45. The number of benzene rings is 2. The van der Waals surface area contributed by atoms with Gasteiger partial charge in [-0.2, -0.15) is 0 Å². The standard InChI is InChI=1S/C16H14Br2FNO/c17-11-3-6-15(14(19)7-11)21-16-8-12(18)2-1-10(16)9-20-13-4-5-13/h1-3,6-8,13,20H,4-5,9H2. The van der Waals surface area contributed by atoms with Crippen LogP contribution < -0.4 is 10.1 Å². The van der Waals surface area contributed by atoms with Gasteiger partial charge in [-0.25, -0.2) is 4.39 Å². The topological polar surface area (TPSA) is 21.3 Å². The Labute approximate surface area is 140 Å². The Bertz CT molecular complexity index is 659. The Kier molecular flexibility index (Phi) is 4.62. The lowest BCUT2D eigenvalue weighted by molar-refractivity contribution is 0.435. The van der Waals surface area contributed by atoms with Crippen molar-refractivity contribution in [3.05, 3.63) is 56.7 Å². The van der Waals surface area contributed by atoms with Crippen LogP contribution in [0, 0.1) is 5.82 Å². The Hall–Kier alpha value is -0.910. The van der Waals surface area contributed by atoms with E-state index in [0.29, 0.717) is 16.3 Å². The minimum absolute atomic E-state index is 0.226. The average Bonchev–Trinajstić information content (AvgIpc) is 3.25. The molecule has 21 heavy (non-hydrogen) atoms. The zero-order valence-electron chi connectivity index (χ0n) is 11.2. The monoisotopic (exact) mass is 413 g/mol. The Morgan fingerprint density at radius 3 is 2.48 bits per heavy atom. The highest BCUT2D eigenvalue weighted by molar-refractivity contribution is 9.10. The molecule has 1 aliphatic rings. The molecule has 1 fully saturated rings. The van der Waals surface area contributed by atoms with Gasteiger partial charge in [-0.15, -0.1) is 0 Å². The van der Waals surface area contributed by atoms with E-state index in [9.17, 15) is 4.39 Å². The highest BCUT2D eigenvalue weighted by Crippen LogP contribution is 2.32. The maximum atomic E-state index is 13.9. The van der Waals surface area contributed by atoms with Gasteiger partial charge in [-0.05, 0) is 43.2 Å². The molecule has 1 N–H and O–H groups in total. The van der Waals surface area contributed by atoms with Gasteiger partial charge in [0.15, 0.2) is 11.6 Å². The van der Waals surface area contributed by atoms with Gasteiger partial charge in [-0.1, -0.05) is 37.9 Å². The number of rotatable bonds is 5. The van der Waals surface area contributed by atoms with E-state index >= 15 is 0 Å². The van der Waals surface area contributed by atoms with E-state index in [0.717, 1.165) is 16.6 Å². The summed E-state index contributed by atoms with van der Waals surface area (Å²) in [6, 6.07) is 11.2. The first-order chi connectivity index (χ1) is 10.1. The van der Waals surface area contributed by atoms with Crippen molar-refractivity contribution in [2.24, 2.45) is 0 Å². The van der Waals surface area contributed by atoms with Gasteiger partial charge in [0.25, 0.3) is 0 Å². The van der Waals surface area contributed by atoms with Crippen LogP contribution in [-0.2, 0) is 6.54 Å². The lowest BCUT2D eigenvalue weighted by atomic mass is 10.2. The van der Waals surface area contributed by atoms with Gasteiger partial charge in [0.05, 0.1) is 0 Å². The summed E-state index contributed by atoms with van der Waals surface area (Å²) in [6.07, 6.45) is 2.46. The highest BCUT2D eigenvalue weighted by Gasteiger charge is 2.21. The Morgan fingerprint density at radius 1 is 1.05 bits per heavy atom. The van der Waals surface area contributed by atoms with Crippen molar-refractivity contribution >= 4 is 31.9 Å². The number of hydrogen-bond acceptors (Lipinski definition) is 2. The van der Waals surface area contributed by atoms with Crippen LogP contribution in [0.15, 0.2) is 45.3 Å². The van der Waals surface area contributed by atoms with Crippen molar-refractivity contribution in [2.45, 2.75) is 25.4 Å². The Balaban J connectivity index is 1.83. The van der Waals surface area contributed by atoms with Crippen LogP contribution in [0.3, 0.4) is 0 Å². The molecule has 2 aromatic rings. The van der Waals surface area contributed by atoms with Gasteiger partial charge in [0, 0.05) is 27.1 Å². The first-order valence-electron chi connectivity index (χ1n) is 6.76. The fraction of sp³-hybridized carbons (Fsp3) is 0.250. The molecule has 0 atom stereocenters. The fourth-order valence-corrected chi connectivity index (χ4v) is 2.66. The van der Waals surface area contributed by atoms with Crippen molar-refractivity contribution in [1.29, 1.82) is 0 Å². The van der Waals surface area contributed by atoms with Crippen LogP contribution in [0.1, 0.15) is 18.4 Å². The molecule has 0 bridgehead atoms. The van der Waals surface area contributed by atoms with Gasteiger partial charge < -0.3 is 10.1 Å². The van der Waals surface area contributed by atoms with E-state index in [1.165, 1.54) is 18.9 Å². The van der Waals surface area contributed by atoms with Gasteiger partial charge in [0.1, 0.15) is 5.75 Å². The normalized spacial score (nSPS) is 14.2. The largest absolute Gasteiger partial charge is 0.454 e. The van der Waals surface area contributed by atoms with Gasteiger partial charge in [-0.3, -0.25) is 0 Å². The smallest absolute Gasteiger partial charge is 0.166 e. The molecule has 0 unspecified atom stereocenters. The summed E-state index contributed by atoms with van der Waals surface area (Å²) >= 11 is 6.67. The van der Waals surface area contributed by atoms with E-state index in [2.05, 4.69) is 37.2 Å². The van der Waals surface area contributed by atoms with Crippen LogP contribution in [0.5, 0.6) is 11.5 Å². The van der Waals surface area contributed by atoms with Crippen molar-refractivity contribution in [1.82, 2.24) is 5.32 Å². The molecule has 0 heterocycles.